The van der Waals surface area contributed by atoms with Crippen molar-refractivity contribution in [1.29, 1.82) is 0 Å². The second-order valence-electron chi connectivity index (χ2n) is 10.8. The monoisotopic (exact) mass is 567 g/mol. The molecule has 0 aromatic heterocycles. The number of nitrogens with zero attached hydrogens (tertiary/aromatic N) is 2. The molecule has 2 aliphatic heterocycles. The third kappa shape index (κ3) is 5.62. The summed E-state index contributed by atoms with van der Waals surface area (Å²) in [6.45, 7) is 1.94. The molecular weight excluding hydrogens is 534 g/mol. The van der Waals surface area contributed by atoms with Crippen LogP contribution in [0, 0.1) is 0 Å². The van der Waals surface area contributed by atoms with Crippen LogP contribution in [0.4, 0.5) is 0 Å². The number of nitrogens with one attached hydrogen (secondary N) is 1. The highest BCUT2D eigenvalue weighted by atomic mass is 32.2. The third-order valence-corrected chi connectivity index (χ3v) is 10.00. The Kier molecular flexibility index (Phi) is 7.60. The Morgan fingerprint density at radius 3 is 2.22 bits per heavy atom. The standard InChI is InChI=1S/C33H33N3O4S/c37-32(34-22-24-12-14-26(15-13-24)33(38)35-18-6-1-7-19-35)31-21-28-10-4-5-11-29(28)23-36(31)41(39,40)30-17-16-25-8-2-3-9-27(25)20-30/h2-5,8-17,20,31H,1,6-7,18-19,21-23H2,(H,34,37). The number of carbonyl (C=O) groups excluding carboxylic acids is 2. The molecule has 2 heterocycles. The average Bonchev–Trinajstić information content (AvgIpc) is 3.03. The van der Waals surface area contributed by atoms with Gasteiger partial charge in [-0.1, -0.05) is 66.7 Å². The summed E-state index contributed by atoms with van der Waals surface area (Å²) >= 11 is 0. The lowest BCUT2D eigenvalue weighted by molar-refractivity contribution is -0.125. The molecule has 2 amide bonds. The Hall–Kier alpha value is -4.01. The molecule has 0 bridgehead atoms. The van der Waals surface area contributed by atoms with Gasteiger partial charge in [-0.25, -0.2) is 8.42 Å². The number of hydrogen-bond acceptors (Lipinski definition) is 4. The van der Waals surface area contributed by atoms with Crippen LogP contribution in [0.5, 0.6) is 0 Å². The van der Waals surface area contributed by atoms with Crippen LogP contribution in [-0.2, 0) is 34.3 Å². The van der Waals surface area contributed by atoms with E-state index in [1.807, 2.05) is 65.6 Å². The number of carbonyl (C=O) groups is 2. The van der Waals surface area contributed by atoms with Crippen molar-refractivity contribution in [2.24, 2.45) is 0 Å². The summed E-state index contributed by atoms with van der Waals surface area (Å²) in [4.78, 5) is 28.4. The number of piperidine rings is 1. The Bertz CT molecular complexity index is 1700. The molecule has 4 aromatic rings. The zero-order chi connectivity index (χ0) is 28.4. The minimum Gasteiger partial charge on any atom is -0.351 e. The van der Waals surface area contributed by atoms with Crippen LogP contribution in [-0.4, -0.2) is 48.6 Å². The highest BCUT2D eigenvalue weighted by Crippen LogP contribution is 2.30. The van der Waals surface area contributed by atoms with Crippen molar-refractivity contribution in [3.8, 4) is 0 Å². The van der Waals surface area contributed by atoms with E-state index in [-0.39, 0.29) is 36.2 Å². The van der Waals surface area contributed by atoms with E-state index in [1.54, 1.807) is 30.3 Å². The minimum atomic E-state index is -3.97. The molecule has 6 rings (SSSR count). The van der Waals surface area contributed by atoms with Crippen LogP contribution < -0.4 is 5.32 Å². The highest BCUT2D eigenvalue weighted by molar-refractivity contribution is 7.89. The molecule has 2 aliphatic rings. The fourth-order valence-corrected chi connectivity index (χ4v) is 7.39. The largest absolute Gasteiger partial charge is 0.351 e. The van der Waals surface area contributed by atoms with E-state index >= 15 is 0 Å². The van der Waals surface area contributed by atoms with Crippen molar-refractivity contribution in [3.05, 3.63) is 113 Å². The zero-order valence-electron chi connectivity index (χ0n) is 22.8. The maximum Gasteiger partial charge on any atom is 0.253 e. The second-order valence-corrected chi connectivity index (χ2v) is 12.7. The SMILES string of the molecule is O=C(NCc1ccc(C(=O)N2CCCCC2)cc1)C1Cc2ccccc2CN1S(=O)(=O)c1ccc2ccccc2c1. The molecule has 1 fully saturated rings. The molecule has 1 unspecified atom stereocenters. The van der Waals surface area contributed by atoms with Gasteiger partial charge in [-0.05, 0) is 77.4 Å². The van der Waals surface area contributed by atoms with E-state index in [1.165, 1.54) is 4.31 Å². The summed E-state index contributed by atoms with van der Waals surface area (Å²) in [6, 6.07) is 26.8. The van der Waals surface area contributed by atoms with Crippen LogP contribution in [0.15, 0.2) is 95.9 Å². The number of hydrogen-bond donors (Lipinski definition) is 1. The quantitative estimate of drug-likeness (QED) is 0.359. The summed E-state index contributed by atoms with van der Waals surface area (Å²) in [5.74, 6) is -0.312. The molecule has 0 saturated carbocycles. The van der Waals surface area contributed by atoms with Crippen LogP contribution in [0.3, 0.4) is 0 Å². The lowest BCUT2D eigenvalue weighted by Crippen LogP contribution is -2.52. The fourth-order valence-electron chi connectivity index (χ4n) is 5.79. The molecular formula is C33H33N3O4S. The smallest absolute Gasteiger partial charge is 0.253 e. The van der Waals surface area contributed by atoms with Gasteiger partial charge in [0.15, 0.2) is 0 Å². The van der Waals surface area contributed by atoms with Gasteiger partial charge in [0.1, 0.15) is 6.04 Å². The van der Waals surface area contributed by atoms with E-state index in [2.05, 4.69) is 5.32 Å². The van der Waals surface area contributed by atoms with E-state index < -0.39 is 16.1 Å². The van der Waals surface area contributed by atoms with Crippen LogP contribution in [0.1, 0.15) is 46.3 Å². The van der Waals surface area contributed by atoms with Crippen LogP contribution >= 0.6 is 0 Å². The first-order chi connectivity index (χ1) is 19.9. The number of amides is 2. The molecule has 8 heteroatoms. The number of benzene rings is 4. The predicted molar refractivity (Wildman–Crippen MR) is 159 cm³/mol. The fraction of sp³-hybridized carbons (Fsp3) is 0.273. The lowest BCUT2D eigenvalue weighted by atomic mass is 9.95. The average molecular weight is 568 g/mol. The molecule has 1 atom stereocenters. The van der Waals surface area contributed by atoms with Crippen molar-refractivity contribution < 1.29 is 18.0 Å². The van der Waals surface area contributed by atoms with Crippen LogP contribution in [0.2, 0.25) is 0 Å². The van der Waals surface area contributed by atoms with Crippen molar-refractivity contribution in [3.63, 3.8) is 0 Å². The maximum absolute atomic E-state index is 14.0. The normalized spacial score (nSPS) is 17.7. The molecule has 4 aromatic carbocycles. The summed E-state index contributed by atoms with van der Waals surface area (Å²) in [5, 5.41) is 4.73. The Balaban J connectivity index is 1.21. The first-order valence-corrected chi connectivity index (χ1v) is 15.6. The first-order valence-electron chi connectivity index (χ1n) is 14.1. The van der Waals surface area contributed by atoms with Gasteiger partial charge in [-0.15, -0.1) is 0 Å². The van der Waals surface area contributed by atoms with E-state index in [0.717, 1.165) is 59.8 Å². The zero-order valence-corrected chi connectivity index (χ0v) is 23.6. The van der Waals surface area contributed by atoms with Crippen molar-refractivity contribution in [2.45, 2.75) is 49.7 Å². The maximum atomic E-state index is 14.0. The van der Waals surface area contributed by atoms with Gasteiger partial charge in [0.05, 0.1) is 4.90 Å². The topological polar surface area (TPSA) is 86.8 Å². The first kappa shape index (κ1) is 27.2. The highest BCUT2D eigenvalue weighted by Gasteiger charge is 2.39. The Labute approximate surface area is 240 Å². The van der Waals surface area contributed by atoms with Gasteiger partial charge in [0.25, 0.3) is 5.91 Å². The third-order valence-electron chi connectivity index (χ3n) is 8.15. The van der Waals surface area contributed by atoms with Crippen molar-refractivity contribution in [2.75, 3.05) is 13.1 Å². The van der Waals surface area contributed by atoms with Crippen LogP contribution in [0.25, 0.3) is 10.8 Å². The second kappa shape index (κ2) is 11.5. The number of likely N-dealkylation sites (tertiary alicyclic amines) is 1. The molecule has 0 aliphatic carbocycles. The molecule has 7 nitrogen and oxygen atoms in total. The lowest BCUT2D eigenvalue weighted by Gasteiger charge is -2.35. The van der Waals surface area contributed by atoms with E-state index in [0.29, 0.717) is 5.56 Å². The van der Waals surface area contributed by atoms with Gasteiger partial charge >= 0.3 is 0 Å². The van der Waals surface area contributed by atoms with Crippen molar-refractivity contribution in [1.82, 2.24) is 14.5 Å². The minimum absolute atomic E-state index is 0.0377. The Morgan fingerprint density at radius 2 is 1.46 bits per heavy atom. The number of sulfonamides is 1. The van der Waals surface area contributed by atoms with Gasteiger partial charge in [0, 0.05) is 31.7 Å². The van der Waals surface area contributed by atoms with Gasteiger partial charge < -0.3 is 10.2 Å². The van der Waals surface area contributed by atoms with E-state index in [4.69, 9.17) is 0 Å². The molecule has 0 radical (unpaired) electrons. The van der Waals surface area contributed by atoms with Gasteiger partial charge in [-0.3, -0.25) is 9.59 Å². The number of fused-ring (bicyclic) bond motifs is 2. The molecule has 1 saturated heterocycles. The summed E-state index contributed by atoms with van der Waals surface area (Å²) < 4.78 is 29.3. The molecule has 0 spiro atoms. The van der Waals surface area contributed by atoms with Gasteiger partial charge in [0.2, 0.25) is 15.9 Å². The Morgan fingerprint density at radius 1 is 0.780 bits per heavy atom. The van der Waals surface area contributed by atoms with Crippen molar-refractivity contribution >= 4 is 32.6 Å². The van der Waals surface area contributed by atoms with E-state index in [9.17, 15) is 18.0 Å². The molecule has 210 valence electrons. The molecule has 1 N–H and O–H groups in total. The molecule has 41 heavy (non-hydrogen) atoms. The summed E-state index contributed by atoms with van der Waals surface area (Å²) in [7, 11) is -3.97. The van der Waals surface area contributed by atoms with Gasteiger partial charge in [-0.2, -0.15) is 4.31 Å². The predicted octanol–water partition coefficient (Wildman–Crippen LogP) is 4.90. The summed E-state index contributed by atoms with van der Waals surface area (Å²) in [5.41, 5.74) is 3.35. The number of rotatable bonds is 6. The summed E-state index contributed by atoms with van der Waals surface area (Å²) in [6.07, 6.45) is 3.53.